The van der Waals surface area contributed by atoms with Crippen LogP contribution in [0.15, 0.2) is 69.5 Å². The van der Waals surface area contributed by atoms with Crippen LogP contribution >= 0.6 is 22.9 Å². The Kier molecular flexibility index (Phi) is 7.05. The van der Waals surface area contributed by atoms with Gasteiger partial charge in [0.25, 0.3) is 17.7 Å². The number of rotatable bonds is 6. The molecular formula is C22H20ClN3O6S2. The first-order valence-electron chi connectivity index (χ1n) is 10.2. The first-order chi connectivity index (χ1) is 16.3. The fourth-order valence-corrected chi connectivity index (χ4v) is 5.76. The molecule has 0 aliphatic carbocycles. The second kappa shape index (κ2) is 10.00. The molecule has 1 aromatic carbocycles. The Hall–Kier alpha value is -3.15. The van der Waals surface area contributed by atoms with Crippen LogP contribution < -0.4 is 5.32 Å². The Morgan fingerprint density at radius 2 is 1.65 bits per heavy atom. The number of piperazine rings is 1. The maximum atomic E-state index is 13.4. The summed E-state index contributed by atoms with van der Waals surface area (Å²) in [5.41, 5.74) is 0. The number of hydrogen-bond donors (Lipinski definition) is 1. The van der Waals surface area contributed by atoms with E-state index in [2.05, 4.69) is 5.32 Å². The van der Waals surface area contributed by atoms with Gasteiger partial charge in [-0.05, 0) is 47.8 Å². The molecular weight excluding hydrogens is 502 g/mol. The Morgan fingerprint density at radius 3 is 2.24 bits per heavy atom. The molecule has 1 saturated heterocycles. The van der Waals surface area contributed by atoms with Crippen molar-refractivity contribution in [3.05, 3.63) is 75.8 Å². The van der Waals surface area contributed by atoms with Crippen LogP contribution in [0.3, 0.4) is 0 Å². The van der Waals surface area contributed by atoms with Gasteiger partial charge in [-0.1, -0.05) is 17.7 Å². The summed E-state index contributed by atoms with van der Waals surface area (Å²) < 4.78 is 31.8. The number of halogens is 1. The summed E-state index contributed by atoms with van der Waals surface area (Å²) in [6.07, 6.45) is 1.27. The van der Waals surface area contributed by atoms with Crippen molar-refractivity contribution in [1.82, 2.24) is 15.1 Å². The number of sulfone groups is 1. The Morgan fingerprint density at radius 1 is 0.971 bits per heavy atom. The molecule has 1 aliphatic heterocycles. The predicted octanol–water partition coefficient (Wildman–Crippen LogP) is 2.51. The van der Waals surface area contributed by atoms with Crippen molar-refractivity contribution in [2.75, 3.05) is 26.2 Å². The zero-order valence-electron chi connectivity index (χ0n) is 17.7. The van der Waals surface area contributed by atoms with E-state index in [9.17, 15) is 22.8 Å². The zero-order chi connectivity index (χ0) is 24.3. The van der Waals surface area contributed by atoms with Gasteiger partial charge in [0.2, 0.25) is 15.2 Å². The van der Waals surface area contributed by atoms with Crippen LogP contribution in [0.1, 0.15) is 20.2 Å². The molecule has 2 aromatic heterocycles. The zero-order valence-corrected chi connectivity index (χ0v) is 20.1. The number of furan rings is 1. The molecule has 4 rings (SSSR count). The largest absolute Gasteiger partial charge is 0.459 e. The molecule has 3 amide bonds. The molecule has 9 nitrogen and oxygen atoms in total. The van der Waals surface area contributed by atoms with Crippen LogP contribution in [0.5, 0.6) is 0 Å². The highest BCUT2D eigenvalue weighted by Crippen LogP contribution is 2.21. The minimum atomic E-state index is -4.32. The third kappa shape index (κ3) is 5.01. The minimum absolute atomic E-state index is 0.124. The van der Waals surface area contributed by atoms with Gasteiger partial charge in [-0.3, -0.25) is 14.4 Å². The van der Waals surface area contributed by atoms with Crippen molar-refractivity contribution in [2.24, 2.45) is 0 Å². The van der Waals surface area contributed by atoms with E-state index in [4.69, 9.17) is 16.0 Å². The van der Waals surface area contributed by atoms with E-state index in [0.29, 0.717) is 9.90 Å². The summed E-state index contributed by atoms with van der Waals surface area (Å²) in [7, 11) is -4.32. The van der Waals surface area contributed by atoms with Gasteiger partial charge in [0.1, 0.15) is 0 Å². The maximum absolute atomic E-state index is 13.4. The summed E-state index contributed by atoms with van der Waals surface area (Å²) in [5.74, 6) is -1.90. The van der Waals surface area contributed by atoms with E-state index in [-0.39, 0.29) is 42.7 Å². The lowest BCUT2D eigenvalue weighted by atomic mass is 10.3. The Labute approximate surface area is 204 Å². The summed E-state index contributed by atoms with van der Waals surface area (Å²) in [5, 5.41) is 2.55. The Bertz CT molecular complexity index is 1270. The first kappa shape index (κ1) is 24.0. The van der Waals surface area contributed by atoms with Gasteiger partial charge in [0, 0.05) is 31.2 Å². The third-order valence-electron chi connectivity index (χ3n) is 5.29. The molecule has 178 valence electrons. The van der Waals surface area contributed by atoms with Crippen LogP contribution in [-0.2, 0) is 14.6 Å². The quantitative estimate of drug-likeness (QED) is 0.532. The number of nitrogens with zero attached hydrogens (tertiary/aromatic N) is 2. The van der Waals surface area contributed by atoms with Crippen LogP contribution in [0.25, 0.3) is 0 Å². The number of carbonyl (C=O) groups excluding carboxylic acids is 3. The van der Waals surface area contributed by atoms with Crippen LogP contribution in [-0.4, -0.2) is 67.5 Å². The molecule has 1 atom stereocenters. The van der Waals surface area contributed by atoms with Gasteiger partial charge in [-0.15, -0.1) is 11.3 Å². The lowest BCUT2D eigenvalue weighted by Gasteiger charge is -2.36. The SMILES string of the molecule is O=C(N[C@H](C(=O)N1CCN(C(=O)c2cccs2)CC1)S(=O)(=O)c1ccc(Cl)cc1)c1ccco1. The minimum Gasteiger partial charge on any atom is -0.459 e. The second-order valence-corrected chi connectivity index (χ2v) is 10.8. The fraction of sp³-hybridized carbons (Fsp3) is 0.227. The molecule has 12 heteroatoms. The maximum Gasteiger partial charge on any atom is 0.288 e. The second-order valence-electron chi connectivity index (χ2n) is 7.42. The summed E-state index contributed by atoms with van der Waals surface area (Å²) in [4.78, 5) is 41.9. The molecule has 1 aliphatic rings. The summed E-state index contributed by atoms with van der Waals surface area (Å²) in [6, 6.07) is 11.7. The third-order valence-corrected chi connectivity index (χ3v) is 8.27. The van der Waals surface area contributed by atoms with E-state index in [1.54, 1.807) is 22.4 Å². The molecule has 1 N–H and O–H groups in total. The molecule has 0 spiro atoms. The molecule has 3 aromatic rings. The van der Waals surface area contributed by atoms with Crippen molar-refractivity contribution >= 4 is 50.5 Å². The smallest absolute Gasteiger partial charge is 0.288 e. The van der Waals surface area contributed by atoms with Gasteiger partial charge >= 0.3 is 0 Å². The summed E-state index contributed by atoms with van der Waals surface area (Å²) >= 11 is 7.20. The van der Waals surface area contributed by atoms with Gasteiger partial charge < -0.3 is 19.5 Å². The molecule has 0 unspecified atom stereocenters. The van der Waals surface area contributed by atoms with Gasteiger partial charge in [-0.25, -0.2) is 8.42 Å². The number of thiophene rings is 1. The molecule has 0 saturated carbocycles. The lowest BCUT2D eigenvalue weighted by Crippen LogP contribution is -2.57. The van der Waals surface area contributed by atoms with Crippen molar-refractivity contribution in [3.8, 4) is 0 Å². The van der Waals surface area contributed by atoms with Crippen molar-refractivity contribution in [3.63, 3.8) is 0 Å². The van der Waals surface area contributed by atoms with E-state index >= 15 is 0 Å². The van der Waals surface area contributed by atoms with Crippen molar-refractivity contribution in [1.29, 1.82) is 0 Å². The lowest BCUT2D eigenvalue weighted by molar-refractivity contribution is -0.132. The summed E-state index contributed by atoms with van der Waals surface area (Å²) in [6.45, 7) is 0.725. The predicted molar refractivity (Wildman–Crippen MR) is 125 cm³/mol. The van der Waals surface area contributed by atoms with Gasteiger partial charge in [-0.2, -0.15) is 0 Å². The highest BCUT2D eigenvalue weighted by atomic mass is 35.5. The van der Waals surface area contributed by atoms with Crippen molar-refractivity contribution < 1.29 is 27.2 Å². The highest BCUT2D eigenvalue weighted by molar-refractivity contribution is 7.92. The molecule has 0 bridgehead atoms. The van der Waals surface area contributed by atoms with Crippen LogP contribution in [0.4, 0.5) is 0 Å². The molecule has 0 radical (unpaired) electrons. The molecule has 3 heterocycles. The number of hydrogen-bond acceptors (Lipinski definition) is 7. The molecule has 34 heavy (non-hydrogen) atoms. The van der Waals surface area contributed by atoms with Crippen LogP contribution in [0.2, 0.25) is 5.02 Å². The standard InChI is InChI=1S/C22H20ClN3O6S2/c23-15-5-7-16(8-6-15)34(30,31)20(24-19(27)17-3-1-13-32-17)22(29)26-11-9-25(10-12-26)21(28)18-4-2-14-33-18/h1-8,13-14,20H,9-12H2,(H,24,27)/t20-/m0/s1. The normalized spacial score (nSPS) is 15.1. The number of benzene rings is 1. The number of carbonyl (C=O) groups is 3. The topological polar surface area (TPSA) is 117 Å². The monoisotopic (exact) mass is 521 g/mol. The fourth-order valence-electron chi connectivity index (χ4n) is 3.48. The Balaban J connectivity index is 1.55. The van der Waals surface area contributed by atoms with Gasteiger partial charge in [0.15, 0.2) is 5.76 Å². The van der Waals surface area contributed by atoms with E-state index in [1.807, 2.05) is 0 Å². The van der Waals surface area contributed by atoms with E-state index < -0.39 is 27.0 Å². The highest BCUT2D eigenvalue weighted by Gasteiger charge is 2.40. The van der Waals surface area contributed by atoms with E-state index in [0.717, 1.165) is 0 Å². The number of nitrogens with one attached hydrogen (secondary N) is 1. The van der Waals surface area contributed by atoms with Gasteiger partial charge in [0.05, 0.1) is 16.0 Å². The number of amides is 3. The average molecular weight is 522 g/mol. The van der Waals surface area contributed by atoms with Crippen molar-refractivity contribution in [2.45, 2.75) is 10.3 Å². The van der Waals surface area contributed by atoms with E-state index in [1.165, 1.54) is 58.9 Å². The van der Waals surface area contributed by atoms with Crippen LogP contribution in [0, 0.1) is 0 Å². The first-order valence-corrected chi connectivity index (χ1v) is 13.0. The average Bonchev–Trinajstić information content (AvgIpc) is 3.57. The molecule has 1 fully saturated rings.